The Morgan fingerprint density at radius 3 is 2.42 bits per heavy atom. The van der Waals surface area contributed by atoms with E-state index in [0.717, 1.165) is 25.7 Å². The number of oxime groups is 1. The van der Waals surface area contributed by atoms with Crippen LogP contribution >= 0.6 is 0 Å². The van der Waals surface area contributed by atoms with Gasteiger partial charge >= 0.3 is 0 Å². The Labute approximate surface area is 155 Å². The van der Waals surface area contributed by atoms with Crippen molar-refractivity contribution in [3.63, 3.8) is 0 Å². The molecule has 3 saturated carbocycles. The first-order valence-corrected chi connectivity index (χ1v) is 10.0. The third kappa shape index (κ3) is 2.29. The van der Waals surface area contributed by atoms with Crippen LogP contribution in [0.5, 0.6) is 0 Å². The zero-order valence-corrected chi connectivity index (χ0v) is 16.0. The van der Waals surface area contributed by atoms with E-state index in [1.54, 1.807) is 6.92 Å². The first-order chi connectivity index (χ1) is 12.2. The largest absolute Gasteiger partial charge is 0.411 e. The number of nitrogens with zero attached hydrogens (tertiary/aromatic N) is 1. The van der Waals surface area contributed by atoms with Crippen LogP contribution in [0.2, 0.25) is 0 Å². The molecule has 26 heavy (non-hydrogen) atoms. The molecule has 5 nitrogen and oxygen atoms in total. The second-order valence-corrected chi connectivity index (χ2v) is 9.69. The number of aliphatic hydroxyl groups excluding tert-OH is 2. The first kappa shape index (κ1) is 18.2. The van der Waals surface area contributed by atoms with Crippen molar-refractivity contribution in [2.45, 2.75) is 71.5 Å². The average molecular weight is 361 g/mol. The van der Waals surface area contributed by atoms with Crippen molar-refractivity contribution in [3.8, 4) is 0 Å². The summed E-state index contributed by atoms with van der Waals surface area (Å²) in [6.45, 7) is 6.17. The van der Waals surface area contributed by atoms with Gasteiger partial charge in [0.15, 0.2) is 0 Å². The van der Waals surface area contributed by atoms with E-state index in [1.165, 1.54) is 5.57 Å². The van der Waals surface area contributed by atoms with Crippen LogP contribution < -0.4 is 0 Å². The molecule has 4 aliphatic rings. The molecule has 0 bridgehead atoms. The molecule has 0 amide bonds. The van der Waals surface area contributed by atoms with E-state index in [1.807, 2.05) is 0 Å². The van der Waals surface area contributed by atoms with E-state index in [4.69, 9.17) is 0 Å². The fraction of sp³-hybridized carbons (Fsp3) is 0.810. The lowest BCUT2D eigenvalue weighted by molar-refractivity contribution is -0.125. The molecule has 0 spiro atoms. The molecule has 144 valence electrons. The summed E-state index contributed by atoms with van der Waals surface area (Å²) in [4.78, 5) is 12.2. The summed E-state index contributed by atoms with van der Waals surface area (Å²) in [5.41, 5.74) is 1.74. The normalized spacial score (nSPS) is 52.0. The predicted octanol–water partition coefficient (Wildman–Crippen LogP) is 2.93. The Morgan fingerprint density at radius 2 is 1.77 bits per heavy atom. The molecule has 4 rings (SSSR count). The molecule has 0 aliphatic heterocycles. The summed E-state index contributed by atoms with van der Waals surface area (Å²) in [7, 11) is 0. The second-order valence-electron chi connectivity index (χ2n) is 9.69. The van der Waals surface area contributed by atoms with Crippen LogP contribution in [0.1, 0.15) is 59.3 Å². The molecule has 0 aromatic heterocycles. The summed E-state index contributed by atoms with van der Waals surface area (Å²) in [6, 6.07) is 0. The molecule has 0 radical (unpaired) electrons. The Morgan fingerprint density at radius 1 is 1.08 bits per heavy atom. The maximum absolute atomic E-state index is 12.2. The van der Waals surface area contributed by atoms with Crippen LogP contribution in [-0.4, -0.2) is 39.1 Å². The minimum atomic E-state index is -0.762. The lowest BCUT2D eigenvalue weighted by atomic mass is 9.47. The third-order valence-electron chi connectivity index (χ3n) is 8.55. The third-order valence-corrected chi connectivity index (χ3v) is 8.55. The minimum absolute atomic E-state index is 0.00920. The number of rotatable bonds is 1. The quantitative estimate of drug-likeness (QED) is 0.495. The number of carbonyl (C=O) groups is 1. The molecule has 4 aliphatic carbocycles. The van der Waals surface area contributed by atoms with Crippen LogP contribution in [0, 0.1) is 34.5 Å². The highest BCUT2D eigenvalue weighted by molar-refractivity contribution is 5.99. The lowest BCUT2D eigenvalue weighted by Crippen LogP contribution is -2.56. The van der Waals surface area contributed by atoms with E-state index in [0.29, 0.717) is 36.2 Å². The van der Waals surface area contributed by atoms with Gasteiger partial charge in [0, 0.05) is 11.8 Å². The number of fused-ring (bicyclic) bond motifs is 5. The second kappa shape index (κ2) is 5.90. The van der Waals surface area contributed by atoms with Gasteiger partial charge in [0.2, 0.25) is 0 Å². The van der Waals surface area contributed by atoms with Gasteiger partial charge < -0.3 is 15.4 Å². The first-order valence-electron chi connectivity index (χ1n) is 10.0. The van der Waals surface area contributed by atoms with E-state index < -0.39 is 12.2 Å². The van der Waals surface area contributed by atoms with Gasteiger partial charge in [0.25, 0.3) is 0 Å². The summed E-state index contributed by atoms with van der Waals surface area (Å²) in [5, 5.41) is 33.8. The molecular weight excluding hydrogens is 330 g/mol. The van der Waals surface area contributed by atoms with Crippen molar-refractivity contribution in [1.82, 2.24) is 0 Å². The molecule has 0 aromatic rings. The Kier molecular flexibility index (Phi) is 4.12. The molecule has 3 fully saturated rings. The molecule has 8 atom stereocenters. The zero-order valence-electron chi connectivity index (χ0n) is 16.0. The molecule has 5 heteroatoms. The molecule has 0 saturated heterocycles. The van der Waals surface area contributed by atoms with Crippen LogP contribution in [0.15, 0.2) is 16.8 Å². The number of aliphatic hydroxyl groups is 2. The van der Waals surface area contributed by atoms with Gasteiger partial charge in [0.1, 0.15) is 5.78 Å². The Hall–Kier alpha value is -1.20. The minimum Gasteiger partial charge on any atom is -0.411 e. The van der Waals surface area contributed by atoms with Gasteiger partial charge in [0.05, 0.1) is 17.9 Å². The van der Waals surface area contributed by atoms with Gasteiger partial charge in [-0.05, 0) is 74.2 Å². The van der Waals surface area contributed by atoms with Gasteiger partial charge in [-0.1, -0.05) is 24.6 Å². The van der Waals surface area contributed by atoms with E-state index in [9.17, 15) is 20.2 Å². The van der Waals surface area contributed by atoms with Crippen molar-refractivity contribution >= 4 is 11.5 Å². The van der Waals surface area contributed by atoms with Crippen LogP contribution in [0.4, 0.5) is 0 Å². The van der Waals surface area contributed by atoms with Crippen molar-refractivity contribution in [3.05, 3.63) is 11.6 Å². The smallest absolute Gasteiger partial charge is 0.133 e. The van der Waals surface area contributed by atoms with Crippen molar-refractivity contribution in [2.75, 3.05) is 0 Å². The van der Waals surface area contributed by atoms with Crippen molar-refractivity contribution in [2.24, 2.45) is 39.7 Å². The molecular formula is C21H31NO4. The summed E-state index contributed by atoms with van der Waals surface area (Å²) in [6.07, 6.45) is 5.51. The maximum atomic E-state index is 12.2. The molecule has 0 heterocycles. The lowest BCUT2D eigenvalue weighted by Gasteiger charge is -2.57. The average Bonchev–Trinajstić information content (AvgIpc) is 2.93. The van der Waals surface area contributed by atoms with Gasteiger partial charge in [-0.15, -0.1) is 0 Å². The number of carbonyl (C=O) groups excluding carboxylic acids is 1. The highest BCUT2D eigenvalue weighted by Gasteiger charge is 2.60. The van der Waals surface area contributed by atoms with Crippen LogP contribution in [0.25, 0.3) is 0 Å². The predicted molar refractivity (Wildman–Crippen MR) is 97.9 cm³/mol. The fourth-order valence-electron chi connectivity index (χ4n) is 7.19. The molecule has 3 N–H and O–H groups in total. The number of Topliss-reactive ketones (excluding diaryl/α,β-unsaturated/α-hetero) is 1. The van der Waals surface area contributed by atoms with E-state index >= 15 is 0 Å². The standard InChI is InChI=1S/C21H31NO4/c1-11(23)13-4-5-14-12-8-17(22-26)16-9-18(24)19(25)10-21(16,3)15(12)6-7-20(13,14)2/h8,13-16,18-19,24-26H,4-7,9-10H2,1-3H3/b22-17-. The van der Waals surface area contributed by atoms with Gasteiger partial charge in [-0.25, -0.2) is 0 Å². The number of hydrogen-bond donors (Lipinski definition) is 3. The van der Waals surface area contributed by atoms with Gasteiger partial charge in [-0.2, -0.15) is 0 Å². The Bertz CT molecular complexity index is 685. The maximum Gasteiger partial charge on any atom is 0.133 e. The molecule has 0 aromatic carbocycles. The number of allylic oxidation sites excluding steroid dienone is 2. The van der Waals surface area contributed by atoms with E-state index in [2.05, 4.69) is 25.1 Å². The fourth-order valence-corrected chi connectivity index (χ4v) is 7.19. The number of ketones is 1. The molecule has 8 unspecified atom stereocenters. The topological polar surface area (TPSA) is 90.1 Å². The highest BCUT2D eigenvalue weighted by Crippen LogP contribution is 2.65. The van der Waals surface area contributed by atoms with Crippen LogP contribution in [-0.2, 0) is 4.79 Å². The van der Waals surface area contributed by atoms with Crippen molar-refractivity contribution < 1.29 is 20.2 Å². The van der Waals surface area contributed by atoms with Crippen molar-refractivity contribution in [1.29, 1.82) is 0 Å². The summed E-state index contributed by atoms with van der Waals surface area (Å²) >= 11 is 0. The SMILES string of the molecule is CC(=O)C1CCC2C3=C/C(=N/O)C4CC(O)C(O)CC4(C)C3CCC12C. The summed E-state index contributed by atoms with van der Waals surface area (Å²) in [5.74, 6) is 1.04. The monoisotopic (exact) mass is 361 g/mol. The summed E-state index contributed by atoms with van der Waals surface area (Å²) < 4.78 is 0. The zero-order chi connectivity index (χ0) is 18.9. The van der Waals surface area contributed by atoms with Gasteiger partial charge in [-0.3, -0.25) is 4.79 Å². The van der Waals surface area contributed by atoms with E-state index in [-0.39, 0.29) is 22.7 Å². The number of hydrogen-bond acceptors (Lipinski definition) is 5. The van der Waals surface area contributed by atoms with Crippen LogP contribution in [0.3, 0.4) is 0 Å². The highest BCUT2D eigenvalue weighted by atomic mass is 16.4. The Balaban J connectivity index is 1.78.